The Morgan fingerprint density at radius 3 is 2.38 bits per heavy atom. The Morgan fingerprint density at radius 1 is 0.811 bits per heavy atom. The van der Waals surface area contributed by atoms with Crippen LogP contribution in [0.5, 0.6) is 0 Å². The van der Waals surface area contributed by atoms with Crippen molar-refractivity contribution in [2.24, 2.45) is 0 Å². The molecule has 0 saturated heterocycles. The lowest BCUT2D eigenvalue weighted by Gasteiger charge is -2.31. The van der Waals surface area contributed by atoms with Crippen molar-refractivity contribution in [3.63, 3.8) is 0 Å². The van der Waals surface area contributed by atoms with Crippen molar-refractivity contribution in [2.45, 2.75) is 19.3 Å². The zero-order chi connectivity index (χ0) is 25.5. The fourth-order valence-electron chi connectivity index (χ4n) is 4.50. The van der Waals surface area contributed by atoms with Gasteiger partial charge >= 0.3 is 11.8 Å². The van der Waals surface area contributed by atoms with E-state index in [-0.39, 0.29) is 11.8 Å². The van der Waals surface area contributed by atoms with E-state index in [0.29, 0.717) is 37.5 Å². The van der Waals surface area contributed by atoms with Gasteiger partial charge in [-0.2, -0.15) is 0 Å². The lowest BCUT2D eigenvalue weighted by Crippen LogP contribution is -2.37. The zero-order valence-corrected chi connectivity index (χ0v) is 20.5. The summed E-state index contributed by atoms with van der Waals surface area (Å²) in [6, 6.07) is 25.8. The second-order valence-electron chi connectivity index (χ2n) is 8.93. The van der Waals surface area contributed by atoms with Crippen LogP contribution >= 0.6 is 0 Å². The van der Waals surface area contributed by atoms with Crippen LogP contribution in [0.4, 0.5) is 5.69 Å². The van der Waals surface area contributed by atoms with Gasteiger partial charge in [0.15, 0.2) is 0 Å². The first-order chi connectivity index (χ1) is 18.2. The van der Waals surface area contributed by atoms with Crippen molar-refractivity contribution in [1.82, 2.24) is 20.8 Å². The molecule has 0 aliphatic carbocycles. The molecule has 0 unspecified atom stereocenters. The summed E-state index contributed by atoms with van der Waals surface area (Å²) in [4.78, 5) is 27.2. The molecule has 1 aromatic heterocycles. The normalized spacial score (nSPS) is 12.6. The highest BCUT2D eigenvalue weighted by Crippen LogP contribution is 2.26. The number of carbonyl (C=O) groups excluding carboxylic acids is 2. The van der Waals surface area contributed by atoms with Gasteiger partial charge in [-0.1, -0.05) is 60.7 Å². The van der Waals surface area contributed by atoms with Gasteiger partial charge in [0.1, 0.15) is 0 Å². The number of rotatable bonds is 9. The Hall–Kier alpha value is -4.46. The second kappa shape index (κ2) is 11.5. The Kier molecular flexibility index (Phi) is 7.55. The van der Waals surface area contributed by atoms with Crippen LogP contribution in [0.3, 0.4) is 0 Å². The van der Waals surface area contributed by atoms with E-state index in [2.05, 4.69) is 43.9 Å². The molecule has 4 aromatic rings. The van der Waals surface area contributed by atoms with E-state index < -0.39 is 5.91 Å². The van der Waals surface area contributed by atoms with Crippen LogP contribution < -0.4 is 15.5 Å². The van der Waals surface area contributed by atoms with Crippen molar-refractivity contribution in [3.05, 3.63) is 102 Å². The molecule has 1 aliphatic heterocycles. The molecular weight excluding hydrogens is 466 g/mol. The minimum absolute atomic E-state index is 0.0723. The minimum Gasteiger partial charge on any atom is -0.417 e. The van der Waals surface area contributed by atoms with E-state index in [9.17, 15) is 9.59 Å². The molecule has 8 heteroatoms. The zero-order valence-electron chi connectivity index (χ0n) is 20.5. The second-order valence-corrected chi connectivity index (χ2v) is 8.93. The maximum Gasteiger partial charge on any atom is 0.308 e. The molecule has 0 atom stereocenters. The number of nitrogens with zero attached hydrogens (tertiary/aromatic N) is 3. The average Bonchev–Trinajstić information content (AvgIpc) is 3.43. The van der Waals surface area contributed by atoms with Gasteiger partial charge in [0, 0.05) is 43.9 Å². The summed E-state index contributed by atoms with van der Waals surface area (Å²) >= 11 is 0. The molecule has 2 amide bonds. The Labute approximate surface area is 215 Å². The molecular formula is C29H29N5O3. The van der Waals surface area contributed by atoms with Crippen molar-refractivity contribution < 1.29 is 14.0 Å². The van der Waals surface area contributed by atoms with Crippen LogP contribution in [0.1, 0.15) is 38.9 Å². The third-order valence-corrected chi connectivity index (χ3v) is 6.41. The van der Waals surface area contributed by atoms with Crippen LogP contribution in [-0.2, 0) is 12.8 Å². The molecule has 0 spiro atoms. The maximum absolute atomic E-state index is 12.5. The molecule has 5 rings (SSSR count). The number of aromatic nitrogens is 2. The molecule has 3 aromatic carbocycles. The SMILES string of the molecule is O=C(NCCc1nnc(C(=O)NCCN2CCCc3ccccc32)o1)c1ccc(-c2ccccc2)cc1. The first-order valence-electron chi connectivity index (χ1n) is 12.5. The van der Waals surface area contributed by atoms with Gasteiger partial charge in [-0.15, -0.1) is 10.2 Å². The van der Waals surface area contributed by atoms with Gasteiger partial charge in [-0.05, 0) is 47.7 Å². The fourth-order valence-corrected chi connectivity index (χ4v) is 4.50. The van der Waals surface area contributed by atoms with E-state index in [0.717, 1.165) is 30.5 Å². The summed E-state index contributed by atoms with van der Waals surface area (Å²) in [6.07, 6.45) is 2.52. The number of fused-ring (bicyclic) bond motifs is 1. The number of carbonyl (C=O) groups is 2. The van der Waals surface area contributed by atoms with Crippen LogP contribution in [0, 0.1) is 0 Å². The third kappa shape index (κ3) is 6.03. The van der Waals surface area contributed by atoms with Gasteiger partial charge in [-0.3, -0.25) is 9.59 Å². The summed E-state index contributed by atoms with van der Waals surface area (Å²) in [5, 5.41) is 13.5. The van der Waals surface area contributed by atoms with E-state index in [1.807, 2.05) is 48.5 Å². The molecule has 2 heterocycles. The topological polar surface area (TPSA) is 100 Å². The quantitative estimate of drug-likeness (QED) is 0.365. The van der Waals surface area contributed by atoms with Crippen LogP contribution in [0.2, 0.25) is 0 Å². The first kappa shape index (κ1) is 24.2. The molecule has 8 nitrogen and oxygen atoms in total. The molecule has 0 bridgehead atoms. The summed E-state index contributed by atoms with van der Waals surface area (Å²) < 4.78 is 5.50. The Morgan fingerprint density at radius 2 is 1.54 bits per heavy atom. The fraction of sp³-hybridized carbons (Fsp3) is 0.241. The number of hydrogen-bond acceptors (Lipinski definition) is 6. The monoisotopic (exact) mass is 495 g/mol. The predicted octanol–water partition coefficient (Wildman–Crippen LogP) is 3.89. The summed E-state index contributed by atoms with van der Waals surface area (Å²) in [5.41, 5.74) is 5.30. The van der Waals surface area contributed by atoms with Gasteiger partial charge in [0.25, 0.3) is 5.91 Å². The number of benzene rings is 3. The molecule has 37 heavy (non-hydrogen) atoms. The number of aryl methyl sites for hydroxylation is 1. The summed E-state index contributed by atoms with van der Waals surface area (Å²) in [5.74, 6) is -0.352. The first-order valence-corrected chi connectivity index (χ1v) is 12.5. The molecule has 2 N–H and O–H groups in total. The Bertz CT molecular complexity index is 1350. The van der Waals surface area contributed by atoms with Gasteiger partial charge in [0.2, 0.25) is 5.89 Å². The minimum atomic E-state index is -0.397. The number of nitrogens with one attached hydrogen (secondary N) is 2. The molecule has 0 fully saturated rings. The average molecular weight is 496 g/mol. The Balaban J connectivity index is 1.06. The van der Waals surface area contributed by atoms with Gasteiger partial charge < -0.3 is 20.0 Å². The van der Waals surface area contributed by atoms with Crippen molar-refractivity contribution in [2.75, 3.05) is 31.1 Å². The number of para-hydroxylation sites is 1. The highest BCUT2D eigenvalue weighted by Gasteiger charge is 2.18. The van der Waals surface area contributed by atoms with E-state index >= 15 is 0 Å². The number of hydrogen-bond donors (Lipinski definition) is 2. The van der Waals surface area contributed by atoms with E-state index in [1.54, 1.807) is 12.1 Å². The summed E-state index contributed by atoms with van der Waals surface area (Å²) in [7, 11) is 0. The predicted molar refractivity (Wildman–Crippen MR) is 142 cm³/mol. The highest BCUT2D eigenvalue weighted by molar-refractivity contribution is 5.94. The van der Waals surface area contributed by atoms with Crippen molar-refractivity contribution >= 4 is 17.5 Å². The van der Waals surface area contributed by atoms with Gasteiger partial charge in [-0.25, -0.2) is 0 Å². The molecule has 0 saturated carbocycles. The molecule has 188 valence electrons. The smallest absolute Gasteiger partial charge is 0.308 e. The van der Waals surface area contributed by atoms with Crippen LogP contribution in [-0.4, -0.2) is 48.2 Å². The van der Waals surface area contributed by atoms with Crippen LogP contribution in [0.15, 0.2) is 83.3 Å². The third-order valence-electron chi connectivity index (χ3n) is 6.41. The van der Waals surface area contributed by atoms with Crippen molar-refractivity contribution in [1.29, 1.82) is 0 Å². The number of amides is 2. The largest absolute Gasteiger partial charge is 0.417 e. The van der Waals surface area contributed by atoms with Crippen molar-refractivity contribution in [3.8, 4) is 11.1 Å². The molecule has 1 aliphatic rings. The lowest BCUT2D eigenvalue weighted by molar-refractivity contribution is 0.0914. The maximum atomic E-state index is 12.5. The lowest BCUT2D eigenvalue weighted by atomic mass is 10.0. The number of anilines is 1. The highest BCUT2D eigenvalue weighted by atomic mass is 16.4. The van der Waals surface area contributed by atoms with E-state index in [4.69, 9.17) is 4.42 Å². The molecule has 0 radical (unpaired) electrons. The summed E-state index contributed by atoms with van der Waals surface area (Å²) in [6.45, 7) is 2.48. The van der Waals surface area contributed by atoms with Crippen LogP contribution in [0.25, 0.3) is 11.1 Å². The van der Waals surface area contributed by atoms with Gasteiger partial charge in [0.05, 0.1) is 0 Å². The van der Waals surface area contributed by atoms with E-state index in [1.165, 1.54) is 11.3 Å². The standard InChI is InChI=1S/C29H29N5O3/c35-27(24-14-12-22(13-15-24)21-7-2-1-3-8-21)30-17-16-26-32-33-29(37-26)28(36)31-18-20-34-19-6-10-23-9-4-5-11-25(23)34/h1-5,7-9,11-15H,6,10,16-20H2,(H,30,35)(H,31,36).